The average Bonchev–Trinajstić information content (AvgIpc) is 2.37. The van der Waals surface area contributed by atoms with E-state index in [0.29, 0.717) is 11.4 Å². The van der Waals surface area contributed by atoms with Gasteiger partial charge in [0.05, 0.1) is 11.8 Å². The molecule has 0 aliphatic heterocycles. The number of carboxylic acids is 1. The minimum atomic E-state index is -1.14. The van der Waals surface area contributed by atoms with Gasteiger partial charge in [0.25, 0.3) is 0 Å². The van der Waals surface area contributed by atoms with Gasteiger partial charge in [-0.05, 0) is 32.0 Å². The maximum Gasteiger partial charge on any atom is 0.354 e. The summed E-state index contributed by atoms with van der Waals surface area (Å²) < 4.78 is 5.59. The van der Waals surface area contributed by atoms with E-state index in [2.05, 4.69) is 9.97 Å². The Labute approximate surface area is 116 Å². The number of nitrogen functional groups attached to an aromatic ring is 1. The average molecular weight is 273 g/mol. The zero-order valence-corrected chi connectivity index (χ0v) is 11.2. The van der Waals surface area contributed by atoms with Gasteiger partial charge in [0.2, 0.25) is 5.95 Å². The van der Waals surface area contributed by atoms with Gasteiger partial charge in [-0.25, -0.2) is 14.8 Å². The summed E-state index contributed by atoms with van der Waals surface area (Å²) in [4.78, 5) is 18.7. The highest BCUT2D eigenvalue weighted by Gasteiger charge is 2.11. The van der Waals surface area contributed by atoms with E-state index in [9.17, 15) is 4.79 Å². The summed E-state index contributed by atoms with van der Waals surface area (Å²) in [6.07, 6.45) is 0.0512. The van der Waals surface area contributed by atoms with Gasteiger partial charge in [-0.2, -0.15) is 0 Å². The van der Waals surface area contributed by atoms with Crippen LogP contribution in [0, 0.1) is 0 Å². The molecule has 0 atom stereocenters. The predicted molar refractivity (Wildman–Crippen MR) is 74.6 cm³/mol. The number of hydrogen-bond donors (Lipinski definition) is 2. The Morgan fingerprint density at radius 3 is 2.70 bits per heavy atom. The second kappa shape index (κ2) is 5.56. The van der Waals surface area contributed by atoms with Crippen LogP contribution in [-0.2, 0) is 0 Å². The largest absolute Gasteiger partial charge is 0.491 e. The van der Waals surface area contributed by atoms with E-state index in [1.165, 1.54) is 6.07 Å². The quantitative estimate of drug-likeness (QED) is 0.886. The molecule has 6 nitrogen and oxygen atoms in total. The van der Waals surface area contributed by atoms with Crippen molar-refractivity contribution in [3.8, 4) is 17.0 Å². The smallest absolute Gasteiger partial charge is 0.354 e. The highest BCUT2D eigenvalue weighted by molar-refractivity contribution is 5.87. The fourth-order valence-corrected chi connectivity index (χ4v) is 1.72. The molecule has 6 heteroatoms. The highest BCUT2D eigenvalue weighted by Crippen LogP contribution is 2.24. The summed E-state index contributed by atoms with van der Waals surface area (Å²) >= 11 is 0. The first-order valence-corrected chi connectivity index (χ1v) is 6.10. The molecule has 0 spiro atoms. The summed E-state index contributed by atoms with van der Waals surface area (Å²) in [5, 5.41) is 8.98. The van der Waals surface area contributed by atoms with Crippen LogP contribution in [-0.4, -0.2) is 27.1 Å². The van der Waals surface area contributed by atoms with E-state index < -0.39 is 5.97 Å². The van der Waals surface area contributed by atoms with E-state index in [1.807, 2.05) is 26.0 Å². The molecule has 0 saturated carbocycles. The number of carbonyl (C=O) groups is 1. The van der Waals surface area contributed by atoms with Crippen LogP contribution in [0.2, 0.25) is 0 Å². The number of rotatable bonds is 4. The van der Waals surface area contributed by atoms with Crippen molar-refractivity contribution in [2.24, 2.45) is 0 Å². The van der Waals surface area contributed by atoms with Crippen molar-refractivity contribution >= 4 is 11.9 Å². The zero-order chi connectivity index (χ0) is 14.7. The number of hydrogen-bond acceptors (Lipinski definition) is 5. The molecule has 1 aromatic carbocycles. The summed E-state index contributed by atoms with van der Waals surface area (Å²) in [5.41, 5.74) is 6.57. The lowest BCUT2D eigenvalue weighted by Gasteiger charge is -2.11. The predicted octanol–water partition coefficient (Wildman–Crippen LogP) is 2.21. The van der Waals surface area contributed by atoms with E-state index >= 15 is 0 Å². The Hall–Kier alpha value is -2.63. The van der Waals surface area contributed by atoms with Gasteiger partial charge in [0.15, 0.2) is 5.69 Å². The molecule has 0 radical (unpaired) electrons. The molecule has 2 rings (SSSR count). The Kier molecular flexibility index (Phi) is 3.84. The molecule has 0 bridgehead atoms. The fourth-order valence-electron chi connectivity index (χ4n) is 1.72. The standard InChI is InChI=1S/C14H15N3O3/c1-8(2)20-10-5-3-4-9(6-10)11-7-12(13(18)19)17-14(15)16-11/h3-8H,1-2H3,(H,18,19)(H2,15,16,17). The van der Waals surface area contributed by atoms with Crippen LogP contribution in [0.3, 0.4) is 0 Å². The number of nitrogens with two attached hydrogens (primary N) is 1. The molecule has 104 valence electrons. The van der Waals surface area contributed by atoms with Crippen molar-refractivity contribution in [3.05, 3.63) is 36.0 Å². The second-order valence-electron chi connectivity index (χ2n) is 4.50. The molecular weight excluding hydrogens is 258 g/mol. The number of carboxylic acid groups (broad SMARTS) is 1. The molecule has 2 aromatic rings. The third kappa shape index (κ3) is 3.23. The molecular formula is C14H15N3O3. The number of nitrogens with zero attached hydrogens (tertiary/aromatic N) is 2. The lowest BCUT2D eigenvalue weighted by atomic mass is 10.1. The monoisotopic (exact) mass is 273 g/mol. The maximum atomic E-state index is 11.0. The summed E-state index contributed by atoms with van der Waals surface area (Å²) in [6, 6.07) is 8.61. The molecule has 0 amide bonds. The lowest BCUT2D eigenvalue weighted by molar-refractivity contribution is 0.0690. The van der Waals surface area contributed by atoms with Gasteiger partial charge in [-0.15, -0.1) is 0 Å². The van der Waals surface area contributed by atoms with Crippen LogP contribution < -0.4 is 10.5 Å². The zero-order valence-electron chi connectivity index (χ0n) is 11.2. The van der Waals surface area contributed by atoms with Gasteiger partial charge < -0.3 is 15.6 Å². The number of benzene rings is 1. The molecule has 0 aliphatic carbocycles. The first kappa shape index (κ1) is 13.8. The van der Waals surface area contributed by atoms with Crippen molar-refractivity contribution in [1.82, 2.24) is 9.97 Å². The Balaban J connectivity index is 2.43. The van der Waals surface area contributed by atoms with E-state index in [4.69, 9.17) is 15.6 Å². The molecule has 20 heavy (non-hydrogen) atoms. The Bertz CT molecular complexity index is 641. The highest BCUT2D eigenvalue weighted by atomic mass is 16.5. The second-order valence-corrected chi connectivity index (χ2v) is 4.50. The van der Waals surface area contributed by atoms with E-state index in [0.717, 1.165) is 5.56 Å². The molecule has 1 heterocycles. The third-order valence-electron chi connectivity index (χ3n) is 2.46. The van der Waals surface area contributed by atoms with Crippen LogP contribution in [0.25, 0.3) is 11.3 Å². The summed E-state index contributed by atoms with van der Waals surface area (Å²) in [7, 11) is 0. The van der Waals surface area contributed by atoms with Gasteiger partial charge >= 0.3 is 5.97 Å². The maximum absolute atomic E-state index is 11.0. The number of anilines is 1. The Morgan fingerprint density at radius 2 is 2.05 bits per heavy atom. The van der Waals surface area contributed by atoms with Crippen LogP contribution in [0.4, 0.5) is 5.95 Å². The summed E-state index contributed by atoms with van der Waals surface area (Å²) in [5.74, 6) is -0.531. The third-order valence-corrected chi connectivity index (χ3v) is 2.46. The first-order valence-electron chi connectivity index (χ1n) is 6.10. The van der Waals surface area contributed by atoms with Crippen molar-refractivity contribution in [1.29, 1.82) is 0 Å². The van der Waals surface area contributed by atoms with Crippen LogP contribution in [0.15, 0.2) is 30.3 Å². The molecule has 0 saturated heterocycles. The summed E-state index contributed by atoms with van der Waals surface area (Å²) in [6.45, 7) is 3.86. The van der Waals surface area contributed by atoms with Crippen LogP contribution >= 0.6 is 0 Å². The van der Waals surface area contributed by atoms with E-state index in [1.54, 1.807) is 12.1 Å². The van der Waals surface area contributed by atoms with Gasteiger partial charge in [0.1, 0.15) is 5.75 Å². The molecule has 0 unspecified atom stereocenters. The van der Waals surface area contributed by atoms with Crippen molar-refractivity contribution < 1.29 is 14.6 Å². The lowest BCUT2D eigenvalue weighted by Crippen LogP contribution is -2.07. The van der Waals surface area contributed by atoms with Gasteiger partial charge in [-0.3, -0.25) is 0 Å². The normalized spacial score (nSPS) is 10.6. The van der Waals surface area contributed by atoms with Crippen LogP contribution in [0.5, 0.6) is 5.75 Å². The van der Waals surface area contributed by atoms with Crippen molar-refractivity contribution in [2.45, 2.75) is 20.0 Å². The Morgan fingerprint density at radius 1 is 1.30 bits per heavy atom. The van der Waals surface area contributed by atoms with Crippen molar-refractivity contribution in [2.75, 3.05) is 5.73 Å². The number of aromatic carboxylic acids is 1. The number of aromatic nitrogens is 2. The molecule has 3 N–H and O–H groups in total. The molecule has 1 aromatic heterocycles. The molecule has 0 fully saturated rings. The molecule has 0 aliphatic rings. The minimum Gasteiger partial charge on any atom is -0.491 e. The van der Waals surface area contributed by atoms with E-state index in [-0.39, 0.29) is 17.7 Å². The minimum absolute atomic E-state index is 0.0512. The topological polar surface area (TPSA) is 98.3 Å². The fraction of sp³-hybridized carbons (Fsp3) is 0.214. The first-order chi connectivity index (χ1) is 9.45. The van der Waals surface area contributed by atoms with Gasteiger partial charge in [-0.1, -0.05) is 12.1 Å². The van der Waals surface area contributed by atoms with Crippen LogP contribution in [0.1, 0.15) is 24.3 Å². The van der Waals surface area contributed by atoms with Gasteiger partial charge in [0, 0.05) is 5.56 Å². The van der Waals surface area contributed by atoms with Crippen molar-refractivity contribution in [3.63, 3.8) is 0 Å². The number of ether oxygens (including phenoxy) is 1. The SMILES string of the molecule is CC(C)Oc1cccc(-c2cc(C(=O)O)nc(N)n2)c1.